The second kappa shape index (κ2) is 4.66. The van der Waals surface area contributed by atoms with Crippen molar-refractivity contribution in [3.05, 3.63) is 11.6 Å². The lowest BCUT2D eigenvalue weighted by Gasteiger charge is -2.58. The molecule has 7 atom stereocenters. The van der Waals surface area contributed by atoms with E-state index >= 15 is 0 Å². The highest BCUT2D eigenvalue weighted by molar-refractivity contribution is 5.91. The lowest BCUT2D eigenvalue weighted by molar-refractivity contribution is -0.147. The van der Waals surface area contributed by atoms with Crippen LogP contribution in [0.2, 0.25) is 0 Å². The Balaban J connectivity index is 1.75. The van der Waals surface area contributed by atoms with Gasteiger partial charge in [0.2, 0.25) is 0 Å². The summed E-state index contributed by atoms with van der Waals surface area (Å²) in [7, 11) is 0. The molecule has 3 fully saturated rings. The molecule has 3 saturated carbocycles. The van der Waals surface area contributed by atoms with Crippen LogP contribution < -0.4 is 0 Å². The Bertz CT molecular complexity index is 542. The molecule has 0 amide bonds. The summed E-state index contributed by atoms with van der Waals surface area (Å²) < 4.78 is 14.1. The first kappa shape index (κ1) is 14.9. The van der Waals surface area contributed by atoms with Crippen LogP contribution >= 0.6 is 0 Å². The molecule has 0 spiro atoms. The fourth-order valence-electron chi connectivity index (χ4n) is 6.63. The first-order valence-electron chi connectivity index (χ1n) is 8.94. The Hall–Kier alpha value is -0.700. The van der Waals surface area contributed by atoms with E-state index in [4.69, 9.17) is 0 Å². The zero-order chi connectivity index (χ0) is 15.7. The summed E-state index contributed by atoms with van der Waals surface area (Å²) in [6, 6.07) is 0. The van der Waals surface area contributed by atoms with Crippen LogP contribution in [-0.2, 0) is 4.79 Å². The number of alkyl halides is 1. The molecule has 4 aliphatic rings. The fraction of sp³-hybridized carbons (Fsp3) is 0.842. The lowest BCUT2D eigenvalue weighted by atomic mass is 9.46. The predicted molar refractivity (Wildman–Crippen MR) is 83.0 cm³/mol. The standard InChI is InChI=1S/C19H27FO2/c1-18-8-4-3-5-11(18)6-7-12-13-9-14(20)17(22)19(13,2)10-15(21)16(12)18/h5,12-16,21H,3-4,6-10H2,1-2H3/t12-,13-,14+,15-,16+,18-,19-/m0/s1. The number of hydrogen-bond donors (Lipinski definition) is 1. The number of Topliss-reactive ketones (excluding diaryl/α,β-unsaturated/α-hetero) is 1. The van der Waals surface area contributed by atoms with E-state index in [0.717, 1.165) is 25.7 Å². The van der Waals surface area contributed by atoms with Crippen molar-refractivity contribution in [1.82, 2.24) is 0 Å². The highest BCUT2D eigenvalue weighted by atomic mass is 19.1. The van der Waals surface area contributed by atoms with Crippen molar-refractivity contribution in [1.29, 1.82) is 0 Å². The number of carbonyl (C=O) groups is 1. The quantitative estimate of drug-likeness (QED) is 0.691. The molecule has 4 rings (SSSR count). The van der Waals surface area contributed by atoms with Crippen molar-refractivity contribution in [2.24, 2.45) is 28.6 Å². The van der Waals surface area contributed by atoms with E-state index in [1.54, 1.807) is 0 Å². The lowest BCUT2D eigenvalue weighted by Crippen LogP contribution is -2.56. The van der Waals surface area contributed by atoms with Crippen LogP contribution in [0.1, 0.15) is 58.8 Å². The SMILES string of the molecule is C[C@]12CCCC=C1CC[C@@H]1[C@@H]2[C@@H](O)C[C@]2(C)C(=O)[C@H](F)C[C@@H]12. The van der Waals surface area contributed by atoms with Crippen LogP contribution in [0, 0.1) is 28.6 Å². The summed E-state index contributed by atoms with van der Waals surface area (Å²) in [4.78, 5) is 12.3. The largest absolute Gasteiger partial charge is 0.393 e. The molecule has 0 saturated heterocycles. The number of aliphatic hydroxyl groups is 1. The van der Waals surface area contributed by atoms with Crippen molar-refractivity contribution in [3.63, 3.8) is 0 Å². The molecular formula is C19H27FO2. The van der Waals surface area contributed by atoms with Gasteiger partial charge in [-0.1, -0.05) is 25.5 Å². The zero-order valence-electron chi connectivity index (χ0n) is 13.6. The summed E-state index contributed by atoms with van der Waals surface area (Å²) in [6.07, 6.45) is 7.02. The second-order valence-corrected chi connectivity index (χ2v) is 8.63. The van der Waals surface area contributed by atoms with Crippen molar-refractivity contribution >= 4 is 5.78 Å². The number of allylic oxidation sites excluding steroid dienone is 2. The number of aliphatic hydroxyl groups excluding tert-OH is 1. The average Bonchev–Trinajstić information content (AvgIpc) is 2.70. The van der Waals surface area contributed by atoms with Crippen LogP contribution in [0.15, 0.2) is 11.6 Å². The molecule has 4 aliphatic carbocycles. The molecule has 22 heavy (non-hydrogen) atoms. The third kappa shape index (κ3) is 1.72. The van der Waals surface area contributed by atoms with Gasteiger partial charge in [-0.2, -0.15) is 0 Å². The third-order valence-corrected chi connectivity index (χ3v) is 7.66. The van der Waals surface area contributed by atoms with E-state index in [-0.39, 0.29) is 23.0 Å². The molecule has 0 aromatic heterocycles. The van der Waals surface area contributed by atoms with Gasteiger partial charge >= 0.3 is 0 Å². The minimum Gasteiger partial charge on any atom is -0.393 e. The molecule has 2 nitrogen and oxygen atoms in total. The number of rotatable bonds is 0. The maximum absolute atomic E-state index is 14.1. The molecule has 0 aromatic rings. The van der Waals surface area contributed by atoms with Gasteiger partial charge in [-0.25, -0.2) is 4.39 Å². The first-order valence-corrected chi connectivity index (χ1v) is 8.94. The van der Waals surface area contributed by atoms with Crippen LogP contribution in [0.25, 0.3) is 0 Å². The summed E-state index contributed by atoms with van der Waals surface area (Å²) in [5, 5.41) is 10.9. The van der Waals surface area contributed by atoms with Gasteiger partial charge in [-0.3, -0.25) is 4.79 Å². The molecule has 0 unspecified atom stereocenters. The van der Waals surface area contributed by atoms with Gasteiger partial charge in [0.25, 0.3) is 0 Å². The Kier molecular flexibility index (Phi) is 3.15. The van der Waals surface area contributed by atoms with E-state index < -0.39 is 17.7 Å². The van der Waals surface area contributed by atoms with Crippen LogP contribution in [0.5, 0.6) is 0 Å². The van der Waals surface area contributed by atoms with E-state index in [0.29, 0.717) is 18.8 Å². The van der Waals surface area contributed by atoms with Gasteiger partial charge in [0.15, 0.2) is 12.0 Å². The Labute approximate surface area is 132 Å². The molecular weight excluding hydrogens is 279 g/mol. The Morgan fingerprint density at radius 1 is 1.32 bits per heavy atom. The van der Waals surface area contributed by atoms with Gasteiger partial charge in [0, 0.05) is 5.41 Å². The molecule has 0 aromatic carbocycles. The number of halogens is 1. The van der Waals surface area contributed by atoms with E-state index in [9.17, 15) is 14.3 Å². The predicted octanol–water partition coefficient (Wildman–Crippen LogP) is 3.83. The Morgan fingerprint density at radius 3 is 2.86 bits per heavy atom. The Morgan fingerprint density at radius 2 is 2.09 bits per heavy atom. The van der Waals surface area contributed by atoms with Gasteiger partial charge < -0.3 is 5.11 Å². The van der Waals surface area contributed by atoms with Gasteiger partial charge in [0.05, 0.1) is 6.10 Å². The van der Waals surface area contributed by atoms with Gasteiger partial charge in [0.1, 0.15) is 0 Å². The molecule has 1 N–H and O–H groups in total. The second-order valence-electron chi connectivity index (χ2n) is 8.63. The first-order chi connectivity index (χ1) is 10.4. The summed E-state index contributed by atoms with van der Waals surface area (Å²) in [5.74, 6) is 0.400. The van der Waals surface area contributed by atoms with Gasteiger partial charge in [-0.15, -0.1) is 0 Å². The molecule has 0 bridgehead atoms. The molecule has 3 heteroatoms. The monoisotopic (exact) mass is 306 g/mol. The normalized spacial score (nSPS) is 54.3. The topological polar surface area (TPSA) is 37.3 Å². The summed E-state index contributed by atoms with van der Waals surface area (Å²) >= 11 is 0. The maximum Gasteiger partial charge on any atom is 0.173 e. The molecule has 122 valence electrons. The zero-order valence-corrected chi connectivity index (χ0v) is 13.6. The maximum atomic E-state index is 14.1. The van der Waals surface area contributed by atoms with Crippen molar-refractivity contribution in [2.75, 3.05) is 0 Å². The van der Waals surface area contributed by atoms with Crippen LogP contribution in [0.3, 0.4) is 0 Å². The van der Waals surface area contributed by atoms with Crippen molar-refractivity contribution < 1.29 is 14.3 Å². The average molecular weight is 306 g/mol. The summed E-state index contributed by atoms with van der Waals surface area (Å²) in [6.45, 7) is 4.22. The number of carbonyl (C=O) groups excluding carboxylic acids is 1. The van der Waals surface area contributed by atoms with E-state index in [1.165, 1.54) is 12.0 Å². The number of ketones is 1. The highest BCUT2D eigenvalue weighted by Crippen LogP contribution is 2.64. The molecule has 0 aliphatic heterocycles. The molecule has 0 heterocycles. The van der Waals surface area contributed by atoms with Gasteiger partial charge in [-0.05, 0) is 68.1 Å². The summed E-state index contributed by atoms with van der Waals surface area (Å²) in [5.41, 5.74) is 0.954. The highest BCUT2D eigenvalue weighted by Gasteiger charge is 2.64. The van der Waals surface area contributed by atoms with E-state index in [2.05, 4.69) is 13.0 Å². The number of hydrogen-bond acceptors (Lipinski definition) is 2. The van der Waals surface area contributed by atoms with Crippen molar-refractivity contribution in [3.8, 4) is 0 Å². The van der Waals surface area contributed by atoms with E-state index in [1.807, 2.05) is 6.92 Å². The van der Waals surface area contributed by atoms with Crippen LogP contribution in [0.4, 0.5) is 4.39 Å². The smallest absolute Gasteiger partial charge is 0.173 e. The minimum absolute atomic E-state index is 0.0688. The number of fused-ring (bicyclic) bond motifs is 5. The fourth-order valence-corrected chi connectivity index (χ4v) is 6.63. The minimum atomic E-state index is -1.31. The van der Waals surface area contributed by atoms with Crippen LogP contribution in [-0.4, -0.2) is 23.2 Å². The molecule has 0 radical (unpaired) electrons. The third-order valence-electron chi connectivity index (χ3n) is 7.66. The van der Waals surface area contributed by atoms with Crippen molar-refractivity contribution in [2.45, 2.75) is 71.1 Å².